The van der Waals surface area contributed by atoms with Gasteiger partial charge in [0.15, 0.2) is 0 Å². The molecule has 0 spiro atoms. The SMILES string of the molecule is FC(F)(F)CNCNc1cccc(-c2cnc3cc(Cl)ccn23)c1. The van der Waals surface area contributed by atoms with Crippen molar-refractivity contribution in [1.82, 2.24) is 14.7 Å². The zero-order valence-corrected chi connectivity index (χ0v) is 13.2. The Bertz CT molecular complexity index is 845. The summed E-state index contributed by atoms with van der Waals surface area (Å²) in [7, 11) is 0. The molecular formula is C16H14ClF3N4. The zero-order chi connectivity index (χ0) is 17.2. The molecule has 126 valence electrons. The van der Waals surface area contributed by atoms with Crippen LogP contribution in [0.5, 0.6) is 0 Å². The molecule has 4 nitrogen and oxygen atoms in total. The zero-order valence-electron chi connectivity index (χ0n) is 12.4. The number of aromatic nitrogens is 2. The summed E-state index contributed by atoms with van der Waals surface area (Å²) >= 11 is 5.95. The van der Waals surface area contributed by atoms with Crippen molar-refractivity contribution in [2.75, 3.05) is 18.5 Å². The van der Waals surface area contributed by atoms with Crippen LogP contribution in [0.4, 0.5) is 18.9 Å². The molecule has 0 radical (unpaired) electrons. The number of hydrogen-bond donors (Lipinski definition) is 2. The molecule has 2 N–H and O–H groups in total. The van der Waals surface area contributed by atoms with Crippen LogP contribution < -0.4 is 10.6 Å². The van der Waals surface area contributed by atoms with E-state index in [1.165, 1.54) is 0 Å². The van der Waals surface area contributed by atoms with Gasteiger partial charge in [-0.2, -0.15) is 13.2 Å². The molecule has 2 aromatic heterocycles. The number of imidazole rings is 1. The van der Waals surface area contributed by atoms with Gasteiger partial charge in [-0.3, -0.25) is 9.72 Å². The van der Waals surface area contributed by atoms with Gasteiger partial charge < -0.3 is 5.32 Å². The van der Waals surface area contributed by atoms with Crippen LogP contribution in [-0.2, 0) is 0 Å². The molecule has 0 fully saturated rings. The van der Waals surface area contributed by atoms with E-state index in [2.05, 4.69) is 15.6 Å². The highest BCUT2D eigenvalue weighted by molar-refractivity contribution is 6.30. The Morgan fingerprint density at radius 1 is 1.17 bits per heavy atom. The molecule has 3 aromatic rings. The predicted octanol–water partition coefficient (Wildman–Crippen LogP) is 4.18. The Kier molecular flexibility index (Phi) is 4.64. The van der Waals surface area contributed by atoms with Gasteiger partial charge in [-0.05, 0) is 18.2 Å². The number of rotatable bonds is 5. The number of hydrogen-bond acceptors (Lipinski definition) is 3. The molecule has 0 aliphatic rings. The summed E-state index contributed by atoms with van der Waals surface area (Å²) in [5, 5.41) is 5.81. The van der Waals surface area contributed by atoms with Crippen LogP contribution in [0.3, 0.4) is 0 Å². The number of nitrogens with one attached hydrogen (secondary N) is 2. The fourth-order valence-corrected chi connectivity index (χ4v) is 2.48. The van der Waals surface area contributed by atoms with Gasteiger partial charge in [0.2, 0.25) is 0 Å². The summed E-state index contributed by atoms with van der Waals surface area (Å²) in [6.07, 6.45) is -0.668. The van der Waals surface area contributed by atoms with E-state index in [1.807, 2.05) is 28.8 Å². The first-order valence-electron chi connectivity index (χ1n) is 7.17. The van der Waals surface area contributed by atoms with E-state index in [4.69, 9.17) is 11.6 Å². The van der Waals surface area contributed by atoms with E-state index in [1.54, 1.807) is 24.4 Å². The fourth-order valence-electron chi connectivity index (χ4n) is 2.33. The lowest BCUT2D eigenvalue weighted by Crippen LogP contribution is -2.32. The van der Waals surface area contributed by atoms with Crippen molar-refractivity contribution in [1.29, 1.82) is 0 Å². The average molecular weight is 355 g/mol. The number of benzene rings is 1. The summed E-state index contributed by atoms with van der Waals surface area (Å²) in [6, 6.07) is 10.9. The van der Waals surface area contributed by atoms with Crippen molar-refractivity contribution in [3.05, 3.63) is 53.8 Å². The Balaban J connectivity index is 1.75. The van der Waals surface area contributed by atoms with Gasteiger partial charge in [0.25, 0.3) is 0 Å². The molecule has 2 heterocycles. The van der Waals surface area contributed by atoms with Gasteiger partial charge in [-0.15, -0.1) is 0 Å². The highest BCUT2D eigenvalue weighted by Gasteiger charge is 2.25. The largest absolute Gasteiger partial charge is 0.401 e. The molecule has 1 aromatic carbocycles. The lowest BCUT2D eigenvalue weighted by molar-refractivity contribution is -0.124. The molecule has 0 saturated carbocycles. The van der Waals surface area contributed by atoms with E-state index in [9.17, 15) is 13.2 Å². The summed E-state index contributed by atoms with van der Waals surface area (Å²) in [5.74, 6) is 0. The first kappa shape index (κ1) is 16.6. The Hall–Kier alpha value is -2.25. The van der Waals surface area contributed by atoms with Crippen molar-refractivity contribution in [2.24, 2.45) is 0 Å². The van der Waals surface area contributed by atoms with E-state index in [0.29, 0.717) is 10.7 Å². The van der Waals surface area contributed by atoms with Gasteiger partial charge in [-0.25, -0.2) is 4.98 Å². The molecule has 0 saturated heterocycles. The summed E-state index contributed by atoms with van der Waals surface area (Å²) in [5.41, 5.74) is 3.20. The molecule has 0 atom stereocenters. The molecule has 8 heteroatoms. The van der Waals surface area contributed by atoms with Crippen molar-refractivity contribution in [3.63, 3.8) is 0 Å². The molecule has 24 heavy (non-hydrogen) atoms. The van der Waals surface area contributed by atoms with Crippen molar-refractivity contribution >= 4 is 22.9 Å². The van der Waals surface area contributed by atoms with Crippen molar-refractivity contribution in [2.45, 2.75) is 6.18 Å². The second-order valence-electron chi connectivity index (χ2n) is 5.19. The predicted molar refractivity (Wildman–Crippen MR) is 88.2 cm³/mol. The first-order valence-corrected chi connectivity index (χ1v) is 7.54. The van der Waals surface area contributed by atoms with E-state index < -0.39 is 12.7 Å². The molecule has 0 aliphatic heterocycles. The van der Waals surface area contributed by atoms with Crippen LogP contribution >= 0.6 is 11.6 Å². The molecule has 0 aliphatic carbocycles. The normalized spacial score (nSPS) is 11.8. The third-order valence-corrected chi connectivity index (χ3v) is 3.61. The summed E-state index contributed by atoms with van der Waals surface area (Å²) in [6.45, 7) is -1.01. The van der Waals surface area contributed by atoms with E-state index in [0.717, 1.165) is 16.9 Å². The van der Waals surface area contributed by atoms with Crippen molar-refractivity contribution in [3.8, 4) is 11.3 Å². The Labute approximate surface area is 141 Å². The summed E-state index contributed by atoms with van der Waals surface area (Å²) in [4.78, 5) is 4.31. The molecule has 3 rings (SSSR count). The number of anilines is 1. The second-order valence-corrected chi connectivity index (χ2v) is 5.63. The van der Waals surface area contributed by atoms with Crippen LogP contribution in [0.2, 0.25) is 5.02 Å². The smallest absolute Gasteiger partial charge is 0.372 e. The van der Waals surface area contributed by atoms with Crippen LogP contribution in [0.15, 0.2) is 48.8 Å². The monoisotopic (exact) mass is 354 g/mol. The quantitative estimate of drug-likeness (QED) is 0.533. The number of alkyl halides is 3. The van der Waals surface area contributed by atoms with Crippen LogP contribution in [0, 0.1) is 0 Å². The van der Waals surface area contributed by atoms with Crippen molar-refractivity contribution < 1.29 is 13.2 Å². The Morgan fingerprint density at radius 2 is 2.00 bits per heavy atom. The van der Waals surface area contributed by atoms with Gasteiger partial charge in [-0.1, -0.05) is 23.7 Å². The van der Waals surface area contributed by atoms with Crippen LogP contribution in [-0.4, -0.2) is 28.8 Å². The first-order chi connectivity index (χ1) is 11.4. The lowest BCUT2D eigenvalue weighted by Gasteiger charge is -2.11. The number of halogens is 4. The number of nitrogens with zero attached hydrogens (tertiary/aromatic N) is 2. The van der Waals surface area contributed by atoms with Gasteiger partial charge >= 0.3 is 6.18 Å². The lowest BCUT2D eigenvalue weighted by atomic mass is 10.1. The fraction of sp³-hybridized carbons (Fsp3) is 0.188. The highest BCUT2D eigenvalue weighted by atomic mass is 35.5. The second kappa shape index (κ2) is 6.70. The third kappa shape index (κ3) is 3.98. The van der Waals surface area contributed by atoms with E-state index in [-0.39, 0.29) is 6.67 Å². The minimum atomic E-state index is -4.22. The molecular weight excluding hydrogens is 341 g/mol. The minimum Gasteiger partial charge on any atom is -0.372 e. The third-order valence-electron chi connectivity index (χ3n) is 3.38. The van der Waals surface area contributed by atoms with Gasteiger partial charge in [0.05, 0.1) is 25.1 Å². The van der Waals surface area contributed by atoms with Gasteiger partial charge in [0, 0.05) is 28.5 Å². The number of fused-ring (bicyclic) bond motifs is 1. The van der Waals surface area contributed by atoms with E-state index >= 15 is 0 Å². The maximum absolute atomic E-state index is 12.1. The average Bonchev–Trinajstić information content (AvgIpc) is 2.94. The standard InChI is InChI=1S/C16H14ClF3N4/c17-12-4-5-24-14(8-22-15(24)7-12)11-2-1-3-13(6-11)23-10-21-9-16(18,19)20/h1-8,21,23H,9-10H2. The van der Waals surface area contributed by atoms with Crippen LogP contribution in [0.25, 0.3) is 16.9 Å². The number of pyridine rings is 1. The van der Waals surface area contributed by atoms with Gasteiger partial charge in [0.1, 0.15) is 5.65 Å². The van der Waals surface area contributed by atoms with Crippen LogP contribution in [0.1, 0.15) is 0 Å². The Morgan fingerprint density at radius 3 is 2.79 bits per heavy atom. The maximum atomic E-state index is 12.1. The summed E-state index contributed by atoms with van der Waals surface area (Å²) < 4.78 is 38.2. The molecule has 0 bridgehead atoms. The molecule has 0 amide bonds. The molecule has 0 unspecified atom stereocenters. The maximum Gasteiger partial charge on any atom is 0.401 e. The highest BCUT2D eigenvalue weighted by Crippen LogP contribution is 2.24. The topological polar surface area (TPSA) is 41.4 Å². The minimum absolute atomic E-state index is 0.0196.